The first kappa shape index (κ1) is 29.4. The van der Waals surface area contributed by atoms with Crippen molar-refractivity contribution in [1.82, 2.24) is 10.2 Å². The fraction of sp³-hybridized carbons (Fsp3) is 0.500. The van der Waals surface area contributed by atoms with Crippen LogP contribution in [0.15, 0.2) is 48.5 Å². The molecule has 36 heavy (non-hydrogen) atoms. The molecule has 2 amide bonds. The van der Waals surface area contributed by atoms with E-state index in [0.717, 1.165) is 40.1 Å². The van der Waals surface area contributed by atoms with Crippen LogP contribution in [0.2, 0.25) is 0 Å². The number of hydrogen-bond acceptors (Lipinski definition) is 4. The zero-order valence-corrected chi connectivity index (χ0v) is 23.5. The van der Waals surface area contributed by atoms with Crippen LogP contribution < -0.4 is 9.62 Å². The molecule has 0 spiro atoms. The number of aryl methyl sites for hydroxylation is 1. The fourth-order valence-electron chi connectivity index (χ4n) is 3.87. The lowest BCUT2D eigenvalue weighted by Gasteiger charge is -2.31. The average molecular weight is 516 g/mol. The fourth-order valence-corrected chi connectivity index (χ4v) is 4.72. The third-order valence-corrected chi connectivity index (χ3v) is 7.27. The molecule has 0 aliphatic carbocycles. The number of unbranched alkanes of at least 4 members (excludes halogenated alkanes) is 1. The number of carbonyl (C=O) groups excluding carboxylic acids is 2. The Bertz CT molecular complexity index is 1140. The maximum atomic E-state index is 13.6. The van der Waals surface area contributed by atoms with Gasteiger partial charge in [0.05, 0.1) is 11.9 Å². The third kappa shape index (κ3) is 8.36. The molecular formula is C28H41N3O4S. The molecule has 0 fully saturated rings. The minimum absolute atomic E-state index is 0.0878. The van der Waals surface area contributed by atoms with E-state index in [9.17, 15) is 18.0 Å². The minimum Gasteiger partial charge on any atom is -0.354 e. The first-order valence-corrected chi connectivity index (χ1v) is 14.3. The van der Waals surface area contributed by atoms with Gasteiger partial charge < -0.3 is 10.2 Å². The summed E-state index contributed by atoms with van der Waals surface area (Å²) in [6.07, 6.45) is 2.87. The van der Waals surface area contributed by atoms with Gasteiger partial charge in [0.15, 0.2) is 0 Å². The number of nitrogens with zero attached hydrogens (tertiary/aromatic N) is 2. The van der Waals surface area contributed by atoms with Gasteiger partial charge in [-0.05, 0) is 48.9 Å². The number of carbonyl (C=O) groups is 2. The topological polar surface area (TPSA) is 86.8 Å². The van der Waals surface area contributed by atoms with Crippen molar-refractivity contribution >= 4 is 27.5 Å². The predicted octanol–water partition coefficient (Wildman–Crippen LogP) is 4.39. The van der Waals surface area contributed by atoms with Gasteiger partial charge in [0.25, 0.3) is 0 Å². The lowest BCUT2D eigenvalue weighted by Crippen LogP contribution is -2.51. The highest BCUT2D eigenvalue weighted by Crippen LogP contribution is 2.26. The first-order chi connectivity index (χ1) is 16.7. The van der Waals surface area contributed by atoms with Gasteiger partial charge in [-0.1, -0.05) is 76.1 Å². The van der Waals surface area contributed by atoms with E-state index in [1.165, 1.54) is 4.90 Å². The van der Waals surface area contributed by atoms with E-state index in [1.54, 1.807) is 19.1 Å². The van der Waals surface area contributed by atoms with E-state index in [0.29, 0.717) is 12.2 Å². The second-order valence-corrected chi connectivity index (χ2v) is 12.3. The van der Waals surface area contributed by atoms with Gasteiger partial charge in [-0.25, -0.2) is 8.42 Å². The summed E-state index contributed by atoms with van der Waals surface area (Å²) in [6.45, 7) is 12.2. The smallest absolute Gasteiger partial charge is 0.244 e. The molecule has 0 aliphatic rings. The Morgan fingerprint density at radius 2 is 1.69 bits per heavy atom. The zero-order chi connectivity index (χ0) is 27.1. The maximum Gasteiger partial charge on any atom is 0.244 e. The number of amides is 2. The standard InChI is InChI=1S/C28H41N3O4S/c1-8-9-17-29-27(33)22(3)30(19-23-12-10-11-21(2)18-23)26(32)20-31(36(7,34)35)25-15-13-24(14-16-25)28(4,5)6/h10-16,18,22H,8-9,17,19-20H2,1-7H3,(H,29,33). The molecule has 2 rings (SSSR count). The maximum absolute atomic E-state index is 13.6. The van der Waals surface area contributed by atoms with E-state index in [2.05, 4.69) is 26.1 Å². The molecule has 0 aromatic heterocycles. The average Bonchev–Trinajstić information content (AvgIpc) is 2.79. The molecule has 2 aromatic carbocycles. The normalized spacial score (nSPS) is 12.6. The van der Waals surface area contributed by atoms with Gasteiger partial charge in [-0.15, -0.1) is 0 Å². The minimum atomic E-state index is -3.75. The van der Waals surface area contributed by atoms with Crippen LogP contribution in [0.4, 0.5) is 5.69 Å². The molecule has 1 atom stereocenters. The highest BCUT2D eigenvalue weighted by Gasteiger charge is 2.30. The number of anilines is 1. The molecule has 0 saturated heterocycles. The Balaban J connectivity index is 2.36. The quantitative estimate of drug-likeness (QED) is 0.450. The molecule has 1 unspecified atom stereocenters. The van der Waals surface area contributed by atoms with Crippen molar-refractivity contribution in [3.05, 3.63) is 65.2 Å². The largest absolute Gasteiger partial charge is 0.354 e. The van der Waals surface area contributed by atoms with Crippen LogP contribution in [-0.2, 0) is 31.6 Å². The van der Waals surface area contributed by atoms with E-state index in [4.69, 9.17) is 0 Å². The van der Waals surface area contributed by atoms with Crippen LogP contribution in [0, 0.1) is 6.92 Å². The predicted molar refractivity (Wildman–Crippen MR) is 146 cm³/mol. The first-order valence-electron chi connectivity index (χ1n) is 12.4. The SMILES string of the molecule is CCCCNC(=O)C(C)N(Cc1cccc(C)c1)C(=O)CN(c1ccc(C(C)(C)C)cc1)S(C)(=O)=O. The highest BCUT2D eigenvalue weighted by atomic mass is 32.2. The summed E-state index contributed by atoms with van der Waals surface area (Å²) in [7, 11) is -3.75. The number of nitrogens with one attached hydrogen (secondary N) is 1. The van der Waals surface area contributed by atoms with Gasteiger partial charge in [-0.2, -0.15) is 0 Å². The Kier molecular flexibility index (Phi) is 10.1. The Labute approximate surface area is 216 Å². The number of benzene rings is 2. The van der Waals surface area contributed by atoms with Gasteiger partial charge in [0, 0.05) is 13.1 Å². The summed E-state index contributed by atoms with van der Waals surface area (Å²) in [4.78, 5) is 27.9. The molecule has 0 bridgehead atoms. The molecule has 0 radical (unpaired) electrons. The van der Waals surface area contributed by atoms with E-state index < -0.39 is 28.5 Å². The van der Waals surface area contributed by atoms with Crippen molar-refractivity contribution in [1.29, 1.82) is 0 Å². The van der Waals surface area contributed by atoms with Crippen LogP contribution >= 0.6 is 0 Å². The Hall–Kier alpha value is -2.87. The van der Waals surface area contributed by atoms with Crippen molar-refractivity contribution in [2.24, 2.45) is 0 Å². The van der Waals surface area contributed by atoms with E-state index in [-0.39, 0.29) is 17.9 Å². The summed E-state index contributed by atoms with van der Waals surface area (Å²) in [5.41, 5.74) is 3.29. The summed E-state index contributed by atoms with van der Waals surface area (Å²) in [5, 5.41) is 2.89. The molecule has 0 saturated carbocycles. The molecule has 198 valence electrons. The number of rotatable bonds is 11. The van der Waals surface area contributed by atoms with Gasteiger partial charge in [-0.3, -0.25) is 13.9 Å². The summed E-state index contributed by atoms with van der Waals surface area (Å²) < 4.78 is 26.6. The number of sulfonamides is 1. The Morgan fingerprint density at radius 1 is 1.06 bits per heavy atom. The molecule has 1 N–H and O–H groups in total. The van der Waals surface area contributed by atoms with Crippen LogP contribution in [0.1, 0.15) is 64.2 Å². The molecule has 8 heteroatoms. The second kappa shape index (κ2) is 12.4. The summed E-state index contributed by atoms with van der Waals surface area (Å²) >= 11 is 0. The van der Waals surface area contributed by atoms with Gasteiger partial charge in [0.2, 0.25) is 21.8 Å². The second-order valence-electron chi connectivity index (χ2n) is 10.4. The molecule has 7 nitrogen and oxygen atoms in total. The van der Waals surface area contributed by atoms with Gasteiger partial charge in [0.1, 0.15) is 12.6 Å². The van der Waals surface area contributed by atoms with Crippen molar-refractivity contribution in [3.63, 3.8) is 0 Å². The molecular weight excluding hydrogens is 474 g/mol. The van der Waals surface area contributed by atoms with Crippen LogP contribution in [0.5, 0.6) is 0 Å². The lowest BCUT2D eigenvalue weighted by atomic mass is 9.87. The van der Waals surface area contributed by atoms with Crippen molar-refractivity contribution in [2.45, 2.75) is 72.4 Å². The van der Waals surface area contributed by atoms with Crippen LogP contribution in [0.25, 0.3) is 0 Å². The lowest BCUT2D eigenvalue weighted by molar-refractivity contribution is -0.139. The number of hydrogen-bond donors (Lipinski definition) is 1. The molecule has 0 heterocycles. The molecule has 0 aliphatic heterocycles. The van der Waals surface area contributed by atoms with Crippen LogP contribution in [-0.4, -0.2) is 50.5 Å². The highest BCUT2D eigenvalue weighted by molar-refractivity contribution is 7.92. The third-order valence-electron chi connectivity index (χ3n) is 6.13. The van der Waals surface area contributed by atoms with Crippen molar-refractivity contribution < 1.29 is 18.0 Å². The zero-order valence-electron chi connectivity index (χ0n) is 22.7. The summed E-state index contributed by atoms with van der Waals surface area (Å²) in [6, 6.07) is 14.2. The van der Waals surface area contributed by atoms with Gasteiger partial charge >= 0.3 is 0 Å². The summed E-state index contributed by atoms with van der Waals surface area (Å²) in [5.74, 6) is -0.704. The Morgan fingerprint density at radius 3 is 2.22 bits per heavy atom. The molecule has 2 aromatic rings. The van der Waals surface area contributed by atoms with Crippen molar-refractivity contribution in [2.75, 3.05) is 23.7 Å². The van der Waals surface area contributed by atoms with E-state index >= 15 is 0 Å². The van der Waals surface area contributed by atoms with Crippen LogP contribution in [0.3, 0.4) is 0 Å². The van der Waals surface area contributed by atoms with E-state index in [1.807, 2.05) is 50.2 Å². The monoisotopic (exact) mass is 515 g/mol. The van der Waals surface area contributed by atoms with Crippen molar-refractivity contribution in [3.8, 4) is 0 Å².